The largest absolute Gasteiger partial charge is 0.370 e. The summed E-state index contributed by atoms with van der Waals surface area (Å²) in [6, 6.07) is 4.37. The van der Waals surface area contributed by atoms with Gasteiger partial charge >= 0.3 is 0 Å². The predicted molar refractivity (Wildman–Crippen MR) is 100 cm³/mol. The average Bonchev–Trinajstić information content (AvgIpc) is 2.99. The van der Waals surface area contributed by atoms with Crippen LogP contribution in [0.5, 0.6) is 0 Å². The Kier molecular flexibility index (Phi) is 6.55. The van der Waals surface area contributed by atoms with Gasteiger partial charge < -0.3 is 15.1 Å². The summed E-state index contributed by atoms with van der Waals surface area (Å²) in [7, 11) is 0. The molecule has 2 saturated heterocycles. The fraction of sp³-hybridized carbons (Fsp3) is 0.706. The minimum Gasteiger partial charge on any atom is -0.370 e. The summed E-state index contributed by atoms with van der Waals surface area (Å²) in [5, 5.41) is 3.50. The molecule has 1 N–H and O–H groups in total. The highest BCUT2D eigenvalue weighted by Gasteiger charge is 2.52. The van der Waals surface area contributed by atoms with Crippen LogP contribution in [0.15, 0.2) is 18.3 Å². The summed E-state index contributed by atoms with van der Waals surface area (Å²) >= 11 is 0. The van der Waals surface area contributed by atoms with Crippen LogP contribution in [0.3, 0.4) is 0 Å². The molecule has 1 aliphatic carbocycles. The molecule has 0 radical (unpaired) electrons. The normalized spacial score (nSPS) is 30.0. The molecule has 3 atom stereocenters. The van der Waals surface area contributed by atoms with Crippen LogP contribution in [0, 0.1) is 24.7 Å². The SMILES string of the molecule is Cc1cc(N2CCCN(CC3[C@H]4CNC[C@@H]34)CC2)ccn1.Cl.Cl. The van der Waals surface area contributed by atoms with Crippen LogP contribution in [-0.2, 0) is 0 Å². The molecule has 23 heavy (non-hydrogen) atoms. The van der Waals surface area contributed by atoms with Gasteiger partial charge in [-0.1, -0.05) is 0 Å². The second-order valence-electron chi connectivity index (χ2n) is 6.95. The van der Waals surface area contributed by atoms with E-state index in [2.05, 4.69) is 39.2 Å². The summed E-state index contributed by atoms with van der Waals surface area (Å²) < 4.78 is 0. The van der Waals surface area contributed by atoms with Crippen LogP contribution in [0.2, 0.25) is 0 Å². The zero-order valence-corrected chi connectivity index (χ0v) is 15.4. The molecule has 2 aliphatic heterocycles. The zero-order valence-electron chi connectivity index (χ0n) is 13.8. The Morgan fingerprint density at radius 3 is 2.65 bits per heavy atom. The molecular weight excluding hydrogens is 331 g/mol. The van der Waals surface area contributed by atoms with E-state index in [-0.39, 0.29) is 24.8 Å². The number of halogens is 2. The molecule has 4 nitrogen and oxygen atoms in total. The molecule has 130 valence electrons. The standard InChI is InChI=1S/C17H26N4.2ClH/c1-13-9-14(3-4-19-13)21-6-2-5-20(7-8-21)12-17-15-10-18-11-16(15)17;;/h3-4,9,15-18H,2,5-8,10-12H2,1H3;2*1H/t15-,16+,17?;;. The maximum absolute atomic E-state index is 4.31. The van der Waals surface area contributed by atoms with Crippen LogP contribution in [0.1, 0.15) is 12.1 Å². The van der Waals surface area contributed by atoms with Gasteiger partial charge in [0.2, 0.25) is 0 Å². The van der Waals surface area contributed by atoms with Crippen molar-refractivity contribution in [2.45, 2.75) is 13.3 Å². The second-order valence-corrected chi connectivity index (χ2v) is 6.95. The van der Waals surface area contributed by atoms with Crippen molar-refractivity contribution < 1.29 is 0 Å². The highest BCUT2D eigenvalue weighted by Crippen LogP contribution is 2.48. The number of aromatic nitrogens is 1. The summed E-state index contributed by atoms with van der Waals surface area (Å²) in [5.41, 5.74) is 2.46. The molecule has 1 saturated carbocycles. The first kappa shape index (κ1) is 18.8. The van der Waals surface area contributed by atoms with Crippen molar-refractivity contribution in [1.29, 1.82) is 0 Å². The first-order valence-electron chi connectivity index (χ1n) is 8.42. The fourth-order valence-corrected chi connectivity index (χ4v) is 4.25. The highest BCUT2D eigenvalue weighted by atomic mass is 35.5. The van der Waals surface area contributed by atoms with E-state index in [1.165, 1.54) is 51.4 Å². The molecule has 1 aromatic rings. The molecule has 0 bridgehead atoms. The molecule has 1 aromatic heterocycles. The third-order valence-electron chi connectivity index (χ3n) is 5.57. The third-order valence-corrected chi connectivity index (χ3v) is 5.57. The number of hydrogen-bond donors (Lipinski definition) is 1. The van der Waals surface area contributed by atoms with E-state index < -0.39 is 0 Å². The Balaban J connectivity index is 0.000000960. The average molecular weight is 359 g/mol. The first-order valence-corrected chi connectivity index (χ1v) is 8.42. The second kappa shape index (κ2) is 8.02. The number of rotatable bonds is 3. The van der Waals surface area contributed by atoms with Crippen molar-refractivity contribution in [2.24, 2.45) is 17.8 Å². The summed E-state index contributed by atoms with van der Waals surface area (Å²) in [4.78, 5) is 9.55. The lowest BCUT2D eigenvalue weighted by molar-refractivity contribution is 0.268. The smallest absolute Gasteiger partial charge is 0.0400 e. The van der Waals surface area contributed by atoms with Crippen LogP contribution in [-0.4, -0.2) is 55.7 Å². The van der Waals surface area contributed by atoms with Gasteiger partial charge in [-0.15, -0.1) is 24.8 Å². The first-order chi connectivity index (χ1) is 10.3. The van der Waals surface area contributed by atoms with Gasteiger partial charge in [-0.25, -0.2) is 0 Å². The molecule has 0 spiro atoms. The molecule has 3 aliphatic rings. The van der Waals surface area contributed by atoms with Crippen LogP contribution in [0.25, 0.3) is 0 Å². The maximum atomic E-state index is 4.31. The quantitative estimate of drug-likeness (QED) is 0.897. The van der Waals surface area contributed by atoms with E-state index in [1.54, 1.807) is 0 Å². The minimum absolute atomic E-state index is 0. The van der Waals surface area contributed by atoms with Gasteiger partial charge in [0.1, 0.15) is 0 Å². The molecular formula is C17H28Cl2N4. The summed E-state index contributed by atoms with van der Waals surface area (Å²) in [6.45, 7) is 10.8. The lowest BCUT2D eigenvalue weighted by atomic mass is 10.2. The number of fused-ring (bicyclic) bond motifs is 1. The van der Waals surface area contributed by atoms with Crippen molar-refractivity contribution in [2.75, 3.05) is 50.7 Å². The van der Waals surface area contributed by atoms with Crippen LogP contribution >= 0.6 is 24.8 Å². The number of nitrogens with one attached hydrogen (secondary N) is 1. The van der Waals surface area contributed by atoms with Crippen molar-refractivity contribution in [3.05, 3.63) is 24.0 Å². The Labute approximate surface area is 151 Å². The minimum atomic E-state index is 0. The van der Waals surface area contributed by atoms with Gasteiger partial charge in [-0.2, -0.15) is 0 Å². The maximum Gasteiger partial charge on any atom is 0.0400 e. The van der Waals surface area contributed by atoms with Crippen molar-refractivity contribution in [3.63, 3.8) is 0 Å². The molecule has 1 unspecified atom stereocenters. The molecule has 0 aromatic carbocycles. The van der Waals surface area contributed by atoms with Crippen molar-refractivity contribution >= 4 is 30.5 Å². The van der Waals surface area contributed by atoms with Crippen molar-refractivity contribution in [1.82, 2.24) is 15.2 Å². The topological polar surface area (TPSA) is 31.4 Å². The number of hydrogen-bond acceptors (Lipinski definition) is 4. The van der Waals surface area contributed by atoms with Gasteiger partial charge in [0.25, 0.3) is 0 Å². The van der Waals surface area contributed by atoms with E-state index in [0.29, 0.717) is 0 Å². The zero-order chi connectivity index (χ0) is 14.2. The van der Waals surface area contributed by atoms with E-state index in [0.717, 1.165) is 30.0 Å². The predicted octanol–water partition coefficient (Wildman–Crippen LogP) is 2.21. The molecule has 6 heteroatoms. The third kappa shape index (κ3) is 4.11. The Morgan fingerprint density at radius 2 is 1.91 bits per heavy atom. The summed E-state index contributed by atoms with van der Waals surface area (Å²) in [5.74, 6) is 2.97. The van der Waals surface area contributed by atoms with Gasteiger partial charge in [-0.05, 0) is 62.9 Å². The van der Waals surface area contributed by atoms with E-state index >= 15 is 0 Å². The highest BCUT2D eigenvalue weighted by molar-refractivity contribution is 5.85. The van der Waals surface area contributed by atoms with Gasteiger partial charge in [0.15, 0.2) is 0 Å². The van der Waals surface area contributed by atoms with Gasteiger partial charge in [0, 0.05) is 43.8 Å². The van der Waals surface area contributed by atoms with Gasteiger partial charge in [-0.3, -0.25) is 4.98 Å². The Morgan fingerprint density at radius 1 is 1.13 bits per heavy atom. The molecule has 0 amide bonds. The van der Waals surface area contributed by atoms with Crippen molar-refractivity contribution in [3.8, 4) is 0 Å². The van der Waals surface area contributed by atoms with E-state index in [9.17, 15) is 0 Å². The fourth-order valence-electron chi connectivity index (χ4n) is 4.25. The summed E-state index contributed by atoms with van der Waals surface area (Å²) in [6.07, 6.45) is 3.22. The Hall–Kier alpha value is -0.550. The number of aryl methyl sites for hydroxylation is 1. The molecule has 3 fully saturated rings. The lowest BCUT2D eigenvalue weighted by Gasteiger charge is -2.24. The van der Waals surface area contributed by atoms with Gasteiger partial charge in [0.05, 0.1) is 0 Å². The Bertz CT molecular complexity index is 503. The molecule has 4 rings (SSSR count). The number of anilines is 1. The number of pyridine rings is 1. The number of nitrogens with zero attached hydrogens (tertiary/aromatic N) is 3. The van der Waals surface area contributed by atoms with Crippen LogP contribution in [0.4, 0.5) is 5.69 Å². The monoisotopic (exact) mass is 358 g/mol. The number of piperidine rings is 1. The lowest BCUT2D eigenvalue weighted by Crippen LogP contribution is -2.33. The van der Waals surface area contributed by atoms with E-state index in [4.69, 9.17) is 0 Å². The molecule has 3 heterocycles. The van der Waals surface area contributed by atoms with Crippen LogP contribution < -0.4 is 10.2 Å². The van der Waals surface area contributed by atoms with E-state index in [1.807, 2.05) is 6.20 Å².